The van der Waals surface area contributed by atoms with Gasteiger partial charge in [0.15, 0.2) is 0 Å². The van der Waals surface area contributed by atoms with Gasteiger partial charge in [-0.15, -0.1) is 0 Å². The SMILES string of the molecule is COCCOCCCC(CN)Cc1ccccc1. The van der Waals surface area contributed by atoms with Gasteiger partial charge < -0.3 is 15.2 Å². The molecule has 0 radical (unpaired) electrons. The standard InChI is InChI=1S/C15H25NO2/c1-17-10-11-18-9-5-8-15(13-16)12-14-6-3-2-4-7-14/h2-4,6-7,15H,5,8-13,16H2,1H3. The molecule has 3 heteroatoms. The predicted octanol–water partition coefficient (Wildman–Crippen LogP) is 2.25. The van der Waals surface area contributed by atoms with Crippen molar-refractivity contribution in [3.63, 3.8) is 0 Å². The Morgan fingerprint density at radius 1 is 1.11 bits per heavy atom. The van der Waals surface area contributed by atoms with Crippen LogP contribution in [0, 0.1) is 5.92 Å². The van der Waals surface area contributed by atoms with Gasteiger partial charge in [-0.3, -0.25) is 0 Å². The van der Waals surface area contributed by atoms with E-state index in [9.17, 15) is 0 Å². The van der Waals surface area contributed by atoms with Gasteiger partial charge in [0, 0.05) is 13.7 Å². The quantitative estimate of drug-likeness (QED) is 0.649. The Bertz CT molecular complexity index is 290. The van der Waals surface area contributed by atoms with Crippen LogP contribution in [0.1, 0.15) is 18.4 Å². The zero-order valence-electron chi connectivity index (χ0n) is 11.3. The van der Waals surface area contributed by atoms with Crippen LogP contribution in [-0.4, -0.2) is 33.5 Å². The molecule has 0 fully saturated rings. The molecule has 1 aromatic rings. The van der Waals surface area contributed by atoms with Crippen molar-refractivity contribution in [1.29, 1.82) is 0 Å². The van der Waals surface area contributed by atoms with Crippen molar-refractivity contribution in [1.82, 2.24) is 0 Å². The van der Waals surface area contributed by atoms with Crippen LogP contribution in [0.25, 0.3) is 0 Å². The minimum Gasteiger partial charge on any atom is -0.382 e. The lowest BCUT2D eigenvalue weighted by Crippen LogP contribution is -2.17. The lowest BCUT2D eigenvalue weighted by molar-refractivity contribution is 0.0673. The van der Waals surface area contributed by atoms with Gasteiger partial charge in [0.1, 0.15) is 0 Å². The van der Waals surface area contributed by atoms with Crippen LogP contribution < -0.4 is 5.73 Å². The maximum Gasteiger partial charge on any atom is 0.0700 e. The number of hydrogen-bond acceptors (Lipinski definition) is 3. The monoisotopic (exact) mass is 251 g/mol. The summed E-state index contributed by atoms with van der Waals surface area (Å²) in [5.41, 5.74) is 7.19. The van der Waals surface area contributed by atoms with E-state index in [1.54, 1.807) is 7.11 Å². The molecule has 18 heavy (non-hydrogen) atoms. The number of benzene rings is 1. The third-order valence-electron chi connectivity index (χ3n) is 3.03. The van der Waals surface area contributed by atoms with Crippen molar-refractivity contribution in [3.8, 4) is 0 Å². The smallest absolute Gasteiger partial charge is 0.0700 e. The fraction of sp³-hybridized carbons (Fsp3) is 0.600. The summed E-state index contributed by atoms with van der Waals surface area (Å²) in [6.07, 6.45) is 3.26. The number of nitrogens with two attached hydrogens (primary N) is 1. The first-order valence-corrected chi connectivity index (χ1v) is 6.67. The lowest BCUT2D eigenvalue weighted by Gasteiger charge is -2.14. The summed E-state index contributed by atoms with van der Waals surface area (Å²) in [6, 6.07) is 10.5. The summed E-state index contributed by atoms with van der Waals surface area (Å²) in [5.74, 6) is 0.554. The Labute approximate surface area is 110 Å². The number of methoxy groups -OCH3 is 1. The average Bonchev–Trinajstić information content (AvgIpc) is 2.42. The Morgan fingerprint density at radius 3 is 2.56 bits per heavy atom. The van der Waals surface area contributed by atoms with Gasteiger partial charge >= 0.3 is 0 Å². The zero-order chi connectivity index (χ0) is 13.1. The summed E-state index contributed by atoms with van der Waals surface area (Å²) in [7, 11) is 1.69. The zero-order valence-corrected chi connectivity index (χ0v) is 11.3. The van der Waals surface area contributed by atoms with E-state index in [0.717, 1.165) is 32.4 Å². The first kappa shape index (κ1) is 15.2. The fourth-order valence-corrected chi connectivity index (χ4v) is 1.97. The van der Waals surface area contributed by atoms with Gasteiger partial charge in [-0.05, 0) is 37.3 Å². The highest BCUT2D eigenvalue weighted by atomic mass is 16.5. The van der Waals surface area contributed by atoms with Crippen LogP contribution in [0.3, 0.4) is 0 Å². The maximum absolute atomic E-state index is 5.82. The van der Waals surface area contributed by atoms with Crippen molar-refractivity contribution in [2.24, 2.45) is 11.7 Å². The molecule has 0 amide bonds. The Hall–Kier alpha value is -0.900. The van der Waals surface area contributed by atoms with Crippen LogP contribution in [0.4, 0.5) is 0 Å². The van der Waals surface area contributed by atoms with Gasteiger partial charge in [0.2, 0.25) is 0 Å². The lowest BCUT2D eigenvalue weighted by atomic mass is 9.95. The molecule has 0 spiro atoms. The summed E-state index contributed by atoms with van der Waals surface area (Å²) >= 11 is 0. The van der Waals surface area contributed by atoms with Crippen molar-refractivity contribution < 1.29 is 9.47 Å². The number of rotatable bonds is 10. The summed E-state index contributed by atoms with van der Waals surface area (Å²) in [4.78, 5) is 0. The third-order valence-corrected chi connectivity index (χ3v) is 3.03. The molecule has 0 aromatic heterocycles. The molecule has 3 nitrogen and oxygen atoms in total. The molecule has 2 N–H and O–H groups in total. The van der Waals surface area contributed by atoms with Gasteiger partial charge in [-0.25, -0.2) is 0 Å². The van der Waals surface area contributed by atoms with E-state index in [1.807, 2.05) is 6.07 Å². The fourth-order valence-electron chi connectivity index (χ4n) is 1.97. The van der Waals surface area contributed by atoms with Gasteiger partial charge in [0.25, 0.3) is 0 Å². The topological polar surface area (TPSA) is 44.5 Å². The molecule has 0 aliphatic carbocycles. The minimum atomic E-state index is 0.554. The van der Waals surface area contributed by atoms with Crippen LogP contribution in [-0.2, 0) is 15.9 Å². The van der Waals surface area contributed by atoms with Gasteiger partial charge in [-0.2, -0.15) is 0 Å². The van der Waals surface area contributed by atoms with E-state index in [2.05, 4.69) is 24.3 Å². The van der Waals surface area contributed by atoms with Crippen molar-refractivity contribution in [3.05, 3.63) is 35.9 Å². The molecule has 102 valence electrons. The van der Waals surface area contributed by atoms with E-state index in [0.29, 0.717) is 19.1 Å². The second kappa shape index (κ2) is 10.1. The maximum atomic E-state index is 5.82. The second-order valence-electron chi connectivity index (χ2n) is 4.54. The van der Waals surface area contributed by atoms with E-state index < -0.39 is 0 Å². The first-order valence-electron chi connectivity index (χ1n) is 6.67. The van der Waals surface area contributed by atoms with Gasteiger partial charge in [-0.1, -0.05) is 30.3 Å². The molecule has 0 aliphatic rings. The molecule has 1 unspecified atom stereocenters. The van der Waals surface area contributed by atoms with Crippen LogP contribution >= 0.6 is 0 Å². The summed E-state index contributed by atoms with van der Waals surface area (Å²) in [6.45, 7) is 2.90. The highest BCUT2D eigenvalue weighted by Crippen LogP contribution is 2.13. The summed E-state index contributed by atoms with van der Waals surface area (Å²) < 4.78 is 10.4. The molecular formula is C15H25NO2. The van der Waals surface area contributed by atoms with E-state index in [4.69, 9.17) is 15.2 Å². The van der Waals surface area contributed by atoms with E-state index in [1.165, 1.54) is 5.56 Å². The molecule has 1 aromatic carbocycles. The first-order chi connectivity index (χ1) is 8.86. The molecule has 0 aliphatic heterocycles. The van der Waals surface area contributed by atoms with Crippen molar-refractivity contribution in [2.45, 2.75) is 19.3 Å². The molecule has 1 rings (SSSR count). The Morgan fingerprint density at radius 2 is 1.89 bits per heavy atom. The highest BCUT2D eigenvalue weighted by molar-refractivity contribution is 5.15. The third kappa shape index (κ3) is 6.74. The minimum absolute atomic E-state index is 0.554. The van der Waals surface area contributed by atoms with Crippen LogP contribution in [0.2, 0.25) is 0 Å². The second-order valence-corrected chi connectivity index (χ2v) is 4.54. The molecule has 0 saturated carbocycles. The average molecular weight is 251 g/mol. The molecule has 0 bridgehead atoms. The van der Waals surface area contributed by atoms with Crippen LogP contribution in [0.5, 0.6) is 0 Å². The molecule has 0 heterocycles. The van der Waals surface area contributed by atoms with Crippen molar-refractivity contribution in [2.75, 3.05) is 33.5 Å². The van der Waals surface area contributed by atoms with E-state index >= 15 is 0 Å². The largest absolute Gasteiger partial charge is 0.382 e. The Kier molecular flexibility index (Phi) is 8.47. The molecule has 1 atom stereocenters. The predicted molar refractivity (Wildman–Crippen MR) is 74.6 cm³/mol. The Balaban J connectivity index is 2.14. The van der Waals surface area contributed by atoms with Crippen molar-refractivity contribution >= 4 is 0 Å². The number of hydrogen-bond donors (Lipinski definition) is 1. The molecular weight excluding hydrogens is 226 g/mol. The van der Waals surface area contributed by atoms with Crippen LogP contribution in [0.15, 0.2) is 30.3 Å². The number of ether oxygens (including phenoxy) is 2. The summed E-state index contributed by atoms with van der Waals surface area (Å²) in [5, 5.41) is 0. The highest BCUT2D eigenvalue weighted by Gasteiger charge is 2.07. The van der Waals surface area contributed by atoms with E-state index in [-0.39, 0.29) is 0 Å². The molecule has 0 saturated heterocycles. The normalized spacial score (nSPS) is 12.6. The van der Waals surface area contributed by atoms with Gasteiger partial charge in [0.05, 0.1) is 13.2 Å².